The Labute approximate surface area is 157 Å². The topological polar surface area (TPSA) is 98.5 Å². The van der Waals surface area contributed by atoms with Crippen LogP contribution in [0.4, 0.5) is 11.4 Å². The zero-order chi connectivity index (χ0) is 19.1. The Balaban J connectivity index is 1.88. The molecule has 0 saturated carbocycles. The summed E-state index contributed by atoms with van der Waals surface area (Å²) in [6.07, 6.45) is 1.79. The first-order valence-corrected chi connectivity index (χ1v) is 8.34. The van der Waals surface area contributed by atoms with E-state index in [4.69, 9.17) is 4.74 Å². The van der Waals surface area contributed by atoms with Gasteiger partial charge in [0, 0.05) is 28.4 Å². The highest BCUT2D eigenvalue weighted by Gasteiger charge is 2.17. The van der Waals surface area contributed by atoms with Gasteiger partial charge < -0.3 is 10.1 Å². The number of nitrogens with zero attached hydrogens (tertiary/aromatic N) is 1. The van der Waals surface area contributed by atoms with Gasteiger partial charge in [-0.15, -0.1) is 0 Å². The van der Waals surface area contributed by atoms with Crippen molar-refractivity contribution in [2.24, 2.45) is 0 Å². The molecule has 0 heterocycles. The third-order valence-corrected chi connectivity index (χ3v) is 3.82. The van der Waals surface area contributed by atoms with Gasteiger partial charge in [-0.2, -0.15) is 0 Å². The van der Waals surface area contributed by atoms with Gasteiger partial charge in [-0.3, -0.25) is 14.9 Å². The van der Waals surface area contributed by atoms with Gasteiger partial charge in [0.2, 0.25) is 0 Å². The highest BCUT2D eigenvalue weighted by Crippen LogP contribution is 2.16. The molecule has 0 aromatic heterocycles. The number of non-ortho nitro benzene ring substituents is 1. The number of ether oxygens (including phenoxy) is 1. The first kappa shape index (κ1) is 19.3. The maximum Gasteiger partial charge on any atom is 0.331 e. The fraction of sp³-hybridized carbons (Fsp3) is 0.111. The van der Waals surface area contributed by atoms with E-state index in [-0.39, 0.29) is 5.69 Å². The summed E-state index contributed by atoms with van der Waals surface area (Å²) in [7, 11) is 0. The second-order valence-electron chi connectivity index (χ2n) is 5.26. The average Bonchev–Trinajstić information content (AvgIpc) is 2.61. The lowest BCUT2D eigenvalue weighted by Crippen LogP contribution is -2.29. The molecule has 26 heavy (non-hydrogen) atoms. The van der Waals surface area contributed by atoms with Crippen LogP contribution in [-0.2, 0) is 14.3 Å². The predicted molar refractivity (Wildman–Crippen MR) is 100 cm³/mol. The fourth-order valence-electron chi connectivity index (χ4n) is 1.92. The van der Waals surface area contributed by atoms with Crippen molar-refractivity contribution in [1.29, 1.82) is 0 Å². The molecule has 0 saturated heterocycles. The van der Waals surface area contributed by atoms with Crippen molar-refractivity contribution < 1.29 is 19.2 Å². The van der Waals surface area contributed by atoms with E-state index in [1.54, 1.807) is 6.08 Å². The number of halogens is 1. The minimum atomic E-state index is -1.02. The third-order valence-electron chi connectivity index (χ3n) is 3.29. The van der Waals surface area contributed by atoms with Gasteiger partial charge in [-0.1, -0.05) is 28.1 Å². The van der Waals surface area contributed by atoms with Gasteiger partial charge in [-0.25, -0.2) is 4.79 Å². The summed E-state index contributed by atoms with van der Waals surface area (Å²) in [5.74, 6) is -1.19. The molecule has 134 valence electrons. The summed E-state index contributed by atoms with van der Waals surface area (Å²) in [5.41, 5.74) is 1.10. The minimum Gasteiger partial charge on any atom is -0.449 e. The lowest BCUT2D eigenvalue weighted by molar-refractivity contribution is -0.384. The van der Waals surface area contributed by atoms with Gasteiger partial charge in [0.1, 0.15) is 0 Å². The molecule has 1 amide bonds. The van der Waals surface area contributed by atoms with Crippen molar-refractivity contribution in [2.45, 2.75) is 13.0 Å². The summed E-state index contributed by atoms with van der Waals surface area (Å²) < 4.78 is 5.96. The molecular formula is C18H15BrN2O5. The molecule has 1 unspecified atom stereocenters. The highest BCUT2D eigenvalue weighted by atomic mass is 79.9. The van der Waals surface area contributed by atoms with Crippen LogP contribution < -0.4 is 5.32 Å². The van der Waals surface area contributed by atoms with Crippen molar-refractivity contribution in [2.75, 3.05) is 5.32 Å². The molecule has 2 rings (SSSR count). The van der Waals surface area contributed by atoms with Crippen molar-refractivity contribution in [3.05, 3.63) is 74.8 Å². The van der Waals surface area contributed by atoms with Crippen LogP contribution >= 0.6 is 15.9 Å². The van der Waals surface area contributed by atoms with Crippen molar-refractivity contribution in [3.63, 3.8) is 0 Å². The van der Waals surface area contributed by atoms with E-state index in [9.17, 15) is 19.7 Å². The maximum absolute atomic E-state index is 12.0. The maximum atomic E-state index is 12.0. The number of nitrogens with one attached hydrogen (secondary N) is 1. The molecule has 0 radical (unpaired) electrons. The van der Waals surface area contributed by atoms with E-state index in [0.717, 1.165) is 10.0 Å². The summed E-state index contributed by atoms with van der Waals surface area (Å²) in [4.78, 5) is 33.9. The largest absolute Gasteiger partial charge is 0.449 e. The quantitative estimate of drug-likeness (QED) is 0.331. The van der Waals surface area contributed by atoms with Crippen LogP contribution in [0, 0.1) is 10.1 Å². The number of hydrogen-bond acceptors (Lipinski definition) is 5. The van der Waals surface area contributed by atoms with Crippen molar-refractivity contribution in [3.8, 4) is 0 Å². The number of hydrogen-bond donors (Lipinski definition) is 1. The number of nitro groups is 1. The Morgan fingerprint density at radius 2 is 1.77 bits per heavy atom. The lowest BCUT2D eigenvalue weighted by Gasteiger charge is -2.12. The summed E-state index contributed by atoms with van der Waals surface area (Å²) >= 11 is 3.32. The van der Waals surface area contributed by atoms with E-state index in [1.165, 1.54) is 37.3 Å². The van der Waals surface area contributed by atoms with Gasteiger partial charge in [-0.05, 0) is 42.8 Å². The number of carbonyl (C=O) groups excluding carboxylic acids is 2. The molecule has 0 spiro atoms. The van der Waals surface area contributed by atoms with Crippen molar-refractivity contribution >= 4 is 45.3 Å². The molecule has 2 aromatic rings. The van der Waals surface area contributed by atoms with E-state index in [0.29, 0.717) is 5.69 Å². The molecule has 0 aliphatic rings. The molecule has 2 aromatic carbocycles. The zero-order valence-corrected chi connectivity index (χ0v) is 15.3. The highest BCUT2D eigenvalue weighted by molar-refractivity contribution is 9.10. The molecule has 0 aliphatic carbocycles. The van der Waals surface area contributed by atoms with Crippen molar-refractivity contribution in [1.82, 2.24) is 0 Å². The smallest absolute Gasteiger partial charge is 0.331 e. The Kier molecular flexibility index (Phi) is 6.62. The molecule has 0 fully saturated rings. The second-order valence-corrected chi connectivity index (χ2v) is 6.17. The minimum absolute atomic E-state index is 0.0828. The van der Waals surface area contributed by atoms with Crippen LogP contribution in [0.5, 0.6) is 0 Å². The lowest BCUT2D eigenvalue weighted by atomic mass is 10.2. The fourth-order valence-corrected chi connectivity index (χ4v) is 2.18. The monoisotopic (exact) mass is 418 g/mol. The Bertz CT molecular complexity index is 832. The standard InChI is InChI=1S/C18H15BrN2O5/c1-12(18(23)20-15-7-9-16(10-8-15)21(24)25)26-17(22)11-4-13-2-5-14(19)6-3-13/h2-12H,1H3,(H,20,23)/b11-4+. The predicted octanol–water partition coefficient (Wildman–Crippen LogP) is 3.94. The number of benzene rings is 2. The number of rotatable bonds is 6. The van der Waals surface area contributed by atoms with E-state index in [2.05, 4.69) is 21.2 Å². The number of amides is 1. The number of nitro benzene ring substituents is 1. The molecule has 8 heteroatoms. The third kappa shape index (κ3) is 5.82. The van der Waals surface area contributed by atoms with Crippen LogP contribution in [0.1, 0.15) is 12.5 Å². The average molecular weight is 419 g/mol. The van der Waals surface area contributed by atoms with Gasteiger partial charge in [0.25, 0.3) is 11.6 Å². The Morgan fingerprint density at radius 3 is 2.35 bits per heavy atom. The van der Waals surface area contributed by atoms with Gasteiger partial charge in [0.15, 0.2) is 6.10 Å². The Hall–Kier alpha value is -3.00. The SMILES string of the molecule is CC(OC(=O)/C=C/c1ccc(Br)cc1)C(=O)Nc1ccc([N+](=O)[O-])cc1. The normalized spacial score (nSPS) is 11.8. The van der Waals surface area contributed by atoms with Crippen LogP contribution in [0.3, 0.4) is 0 Å². The molecular weight excluding hydrogens is 404 g/mol. The first-order valence-electron chi connectivity index (χ1n) is 7.55. The molecule has 1 atom stereocenters. The molecule has 7 nitrogen and oxygen atoms in total. The molecule has 0 bridgehead atoms. The summed E-state index contributed by atoms with van der Waals surface area (Å²) in [6, 6.07) is 12.7. The van der Waals surface area contributed by atoms with Gasteiger partial charge >= 0.3 is 5.97 Å². The van der Waals surface area contributed by atoms with Crippen LogP contribution in [0.15, 0.2) is 59.1 Å². The molecule has 0 aliphatic heterocycles. The van der Waals surface area contributed by atoms with Crippen LogP contribution in [0.2, 0.25) is 0 Å². The second kappa shape index (κ2) is 8.91. The molecule has 1 N–H and O–H groups in total. The van der Waals surface area contributed by atoms with Crippen LogP contribution in [-0.4, -0.2) is 22.9 Å². The van der Waals surface area contributed by atoms with Crippen LogP contribution in [0.25, 0.3) is 6.08 Å². The first-order chi connectivity index (χ1) is 12.3. The summed E-state index contributed by atoms with van der Waals surface area (Å²) in [6.45, 7) is 1.44. The van der Waals surface area contributed by atoms with E-state index in [1.807, 2.05) is 24.3 Å². The zero-order valence-electron chi connectivity index (χ0n) is 13.7. The summed E-state index contributed by atoms with van der Waals surface area (Å²) in [5, 5.41) is 13.1. The van der Waals surface area contributed by atoms with Gasteiger partial charge in [0.05, 0.1) is 4.92 Å². The Morgan fingerprint density at radius 1 is 1.15 bits per heavy atom. The number of carbonyl (C=O) groups is 2. The van der Waals surface area contributed by atoms with E-state index < -0.39 is 22.9 Å². The van der Waals surface area contributed by atoms with E-state index >= 15 is 0 Å². The number of esters is 1. The number of anilines is 1.